The topological polar surface area (TPSA) is 45.2 Å². The van der Waals surface area contributed by atoms with Crippen LogP contribution in [0.25, 0.3) is 20.7 Å². The molecule has 0 atom stereocenters. The van der Waals surface area contributed by atoms with Crippen molar-refractivity contribution in [3.63, 3.8) is 0 Å². The van der Waals surface area contributed by atoms with Crippen LogP contribution >= 0.6 is 11.3 Å². The molecule has 0 saturated carbocycles. The van der Waals surface area contributed by atoms with E-state index in [1.165, 1.54) is 4.88 Å². The van der Waals surface area contributed by atoms with Crippen LogP contribution in [0.3, 0.4) is 0 Å². The summed E-state index contributed by atoms with van der Waals surface area (Å²) >= 11 is 1.71. The largest absolute Gasteiger partial charge is 0.354 e. The molecule has 1 saturated heterocycles. The summed E-state index contributed by atoms with van der Waals surface area (Å²) in [4.78, 5) is 18.9. The van der Waals surface area contributed by atoms with Gasteiger partial charge in [-0.2, -0.15) is 0 Å². The highest BCUT2D eigenvalue weighted by Crippen LogP contribution is 2.32. The van der Waals surface area contributed by atoms with Crippen LogP contribution in [-0.4, -0.2) is 53.1 Å². The number of likely N-dealkylation sites (N-methyl/N-ethyl adjacent to an activating group) is 1. The Morgan fingerprint density at radius 2 is 1.91 bits per heavy atom. The highest BCUT2D eigenvalue weighted by Gasteiger charge is 2.15. The lowest BCUT2D eigenvalue weighted by Gasteiger charge is -2.33. The summed E-state index contributed by atoms with van der Waals surface area (Å²) in [5.74, 6) is 1.07. The Hall–Kier alpha value is -2.05. The first-order valence-electron chi connectivity index (χ1n) is 7.39. The molecule has 0 unspecified atom stereocenters. The molecule has 0 spiro atoms. The second-order valence-corrected chi connectivity index (χ2v) is 6.66. The van der Waals surface area contributed by atoms with Crippen LogP contribution < -0.4 is 4.90 Å². The summed E-state index contributed by atoms with van der Waals surface area (Å²) in [5.41, 5.74) is 2.14. The van der Waals surface area contributed by atoms with E-state index in [0.717, 1.165) is 47.8 Å². The molecule has 0 aliphatic carbocycles. The van der Waals surface area contributed by atoms with Crippen LogP contribution in [0.15, 0.2) is 36.9 Å². The number of rotatable bonds is 2. The Morgan fingerprint density at radius 1 is 1.05 bits per heavy atom. The van der Waals surface area contributed by atoms with Crippen molar-refractivity contribution in [1.29, 1.82) is 0 Å². The highest BCUT2D eigenvalue weighted by atomic mass is 32.1. The number of thiophene rings is 1. The number of nitrogens with zero attached hydrogens (tertiary/aromatic N) is 5. The van der Waals surface area contributed by atoms with Crippen LogP contribution in [0.4, 0.5) is 5.82 Å². The van der Waals surface area contributed by atoms with Gasteiger partial charge in [0.2, 0.25) is 0 Å². The molecule has 6 heteroatoms. The standard InChI is InChI=1S/C16H17N5S/c1-20-4-6-21(7-5-20)16-3-2-12(9-18-16)14-8-13-15(22-14)10-17-11-19-13/h2-3,8-11H,4-7H2,1H3. The lowest BCUT2D eigenvalue weighted by Crippen LogP contribution is -2.44. The highest BCUT2D eigenvalue weighted by molar-refractivity contribution is 7.22. The second-order valence-electron chi connectivity index (χ2n) is 5.58. The summed E-state index contributed by atoms with van der Waals surface area (Å²) in [6.07, 6.45) is 5.42. The fraction of sp³-hybridized carbons (Fsp3) is 0.312. The Kier molecular flexibility index (Phi) is 3.48. The minimum absolute atomic E-state index is 0.998. The summed E-state index contributed by atoms with van der Waals surface area (Å²) in [7, 11) is 2.16. The van der Waals surface area contributed by atoms with Crippen molar-refractivity contribution in [1.82, 2.24) is 19.9 Å². The zero-order valence-electron chi connectivity index (χ0n) is 12.4. The molecule has 112 valence electrons. The van der Waals surface area contributed by atoms with Gasteiger partial charge >= 0.3 is 0 Å². The summed E-state index contributed by atoms with van der Waals surface area (Å²) in [5, 5.41) is 0. The molecular weight excluding hydrogens is 294 g/mol. The lowest BCUT2D eigenvalue weighted by molar-refractivity contribution is 0.312. The third-order valence-electron chi connectivity index (χ3n) is 4.06. The number of piperazine rings is 1. The maximum absolute atomic E-state index is 4.65. The monoisotopic (exact) mass is 311 g/mol. The zero-order valence-corrected chi connectivity index (χ0v) is 13.3. The minimum Gasteiger partial charge on any atom is -0.354 e. The van der Waals surface area contributed by atoms with E-state index in [0.29, 0.717) is 0 Å². The molecule has 1 fully saturated rings. The Morgan fingerprint density at radius 3 is 2.64 bits per heavy atom. The van der Waals surface area contributed by atoms with Crippen molar-refractivity contribution in [2.24, 2.45) is 0 Å². The SMILES string of the molecule is CN1CCN(c2ccc(-c3cc4ncncc4s3)cn2)CC1. The average Bonchev–Trinajstić information content (AvgIpc) is 3.00. The van der Waals surface area contributed by atoms with Gasteiger partial charge in [0.05, 0.1) is 10.2 Å². The minimum atomic E-state index is 0.998. The van der Waals surface area contributed by atoms with E-state index < -0.39 is 0 Å². The quantitative estimate of drug-likeness (QED) is 0.727. The summed E-state index contributed by atoms with van der Waals surface area (Å²) < 4.78 is 1.11. The molecule has 0 amide bonds. The van der Waals surface area contributed by atoms with Crippen LogP contribution in [0.2, 0.25) is 0 Å². The zero-order chi connectivity index (χ0) is 14.9. The Balaban J connectivity index is 1.58. The van der Waals surface area contributed by atoms with E-state index in [-0.39, 0.29) is 0 Å². The molecule has 22 heavy (non-hydrogen) atoms. The number of hydrogen-bond acceptors (Lipinski definition) is 6. The molecular formula is C16H17N5S. The first kappa shape index (κ1) is 13.6. The lowest BCUT2D eigenvalue weighted by atomic mass is 10.2. The van der Waals surface area contributed by atoms with Crippen molar-refractivity contribution in [3.8, 4) is 10.4 Å². The third-order valence-corrected chi connectivity index (χ3v) is 5.16. The van der Waals surface area contributed by atoms with Crippen LogP contribution in [0.5, 0.6) is 0 Å². The van der Waals surface area contributed by atoms with Crippen molar-refractivity contribution < 1.29 is 0 Å². The third kappa shape index (κ3) is 2.55. The molecule has 3 aromatic rings. The van der Waals surface area contributed by atoms with Crippen LogP contribution in [0, 0.1) is 0 Å². The van der Waals surface area contributed by atoms with Gasteiger partial charge in [0, 0.05) is 49.0 Å². The molecule has 0 bridgehead atoms. The molecule has 0 radical (unpaired) electrons. The van der Waals surface area contributed by atoms with Gasteiger partial charge < -0.3 is 9.80 Å². The molecule has 4 rings (SSSR count). The summed E-state index contributed by atoms with van der Waals surface area (Å²) in [6.45, 7) is 4.28. The number of anilines is 1. The van der Waals surface area contributed by atoms with Crippen LogP contribution in [-0.2, 0) is 0 Å². The number of fused-ring (bicyclic) bond motifs is 1. The number of aromatic nitrogens is 3. The molecule has 4 heterocycles. The van der Waals surface area contributed by atoms with E-state index in [1.54, 1.807) is 17.7 Å². The van der Waals surface area contributed by atoms with Gasteiger partial charge in [-0.3, -0.25) is 0 Å². The van der Waals surface area contributed by atoms with Crippen molar-refractivity contribution in [2.45, 2.75) is 0 Å². The predicted molar refractivity (Wildman–Crippen MR) is 90.4 cm³/mol. The van der Waals surface area contributed by atoms with Crippen molar-refractivity contribution in [2.75, 3.05) is 38.1 Å². The van der Waals surface area contributed by atoms with Gasteiger partial charge in [-0.05, 0) is 25.2 Å². The van der Waals surface area contributed by atoms with Crippen molar-refractivity contribution >= 4 is 27.4 Å². The van der Waals surface area contributed by atoms with Crippen LogP contribution in [0.1, 0.15) is 0 Å². The molecule has 0 aromatic carbocycles. The van der Waals surface area contributed by atoms with E-state index in [9.17, 15) is 0 Å². The maximum atomic E-state index is 4.65. The van der Waals surface area contributed by atoms with Crippen molar-refractivity contribution in [3.05, 3.63) is 36.9 Å². The molecule has 1 aliphatic heterocycles. The van der Waals surface area contributed by atoms with Gasteiger partial charge in [0.25, 0.3) is 0 Å². The van der Waals surface area contributed by atoms with E-state index in [4.69, 9.17) is 0 Å². The van der Waals surface area contributed by atoms with Gasteiger partial charge in [-0.15, -0.1) is 11.3 Å². The summed E-state index contributed by atoms with van der Waals surface area (Å²) in [6, 6.07) is 6.38. The first-order valence-corrected chi connectivity index (χ1v) is 8.21. The fourth-order valence-corrected chi connectivity index (χ4v) is 3.66. The second kappa shape index (κ2) is 5.62. The van der Waals surface area contributed by atoms with Gasteiger partial charge in [-0.1, -0.05) is 0 Å². The molecule has 1 aliphatic rings. The van der Waals surface area contributed by atoms with E-state index in [1.807, 2.05) is 12.4 Å². The Bertz CT molecular complexity index is 742. The molecule has 5 nitrogen and oxygen atoms in total. The maximum Gasteiger partial charge on any atom is 0.128 e. The Labute approximate surface area is 133 Å². The van der Waals surface area contributed by atoms with Gasteiger partial charge in [0.15, 0.2) is 0 Å². The van der Waals surface area contributed by atoms with Gasteiger partial charge in [-0.25, -0.2) is 15.0 Å². The predicted octanol–water partition coefficient (Wildman–Crippen LogP) is 2.51. The first-order chi connectivity index (χ1) is 10.8. The normalized spacial score (nSPS) is 16.3. The smallest absolute Gasteiger partial charge is 0.128 e. The number of pyridine rings is 1. The average molecular weight is 311 g/mol. The molecule has 0 N–H and O–H groups in total. The fourth-order valence-electron chi connectivity index (χ4n) is 2.68. The van der Waals surface area contributed by atoms with E-state index in [2.05, 4.69) is 50.0 Å². The van der Waals surface area contributed by atoms with Gasteiger partial charge in [0.1, 0.15) is 12.1 Å². The number of hydrogen-bond donors (Lipinski definition) is 0. The van der Waals surface area contributed by atoms with E-state index >= 15 is 0 Å². The molecule has 3 aromatic heterocycles.